The van der Waals surface area contributed by atoms with Gasteiger partial charge < -0.3 is 14.8 Å². The van der Waals surface area contributed by atoms with E-state index < -0.39 is 0 Å². The third kappa shape index (κ3) is 4.44. The molecule has 1 N–H and O–H groups in total. The van der Waals surface area contributed by atoms with Gasteiger partial charge in [0, 0.05) is 39.2 Å². The SMILES string of the molecule is CC[C@]12C[C@H]3[C@@H]4CC=C5C[C@H](OC(C)=O)CC[C@]5(C)[C@@H]4CC[C@]3(C)[C@@H]1C(C)=C(CC[C@@H](C)CNC(C)=O)O2. The summed E-state index contributed by atoms with van der Waals surface area (Å²) in [6.45, 7) is 15.9. The third-order valence-electron chi connectivity index (χ3n) is 11.9. The first-order valence-corrected chi connectivity index (χ1v) is 15.4. The fourth-order valence-electron chi connectivity index (χ4n) is 10.1. The lowest BCUT2D eigenvalue weighted by molar-refractivity contribution is -0.148. The van der Waals surface area contributed by atoms with Gasteiger partial charge in [-0.1, -0.05) is 39.3 Å². The Kier molecular flexibility index (Phi) is 7.31. The number of rotatable bonds is 7. The molecule has 5 rings (SSSR count). The molecule has 1 amide bonds. The molecule has 1 aliphatic heterocycles. The van der Waals surface area contributed by atoms with Crippen molar-refractivity contribution in [2.24, 2.45) is 40.4 Å². The van der Waals surface area contributed by atoms with Gasteiger partial charge in [-0.3, -0.25) is 9.59 Å². The van der Waals surface area contributed by atoms with Gasteiger partial charge in [0.2, 0.25) is 5.91 Å². The van der Waals surface area contributed by atoms with Crippen LogP contribution in [0.25, 0.3) is 0 Å². The average Bonchev–Trinajstić information content (AvgIpc) is 3.30. The Labute approximate surface area is 230 Å². The Morgan fingerprint density at radius 2 is 1.95 bits per heavy atom. The Balaban J connectivity index is 1.35. The highest BCUT2D eigenvalue weighted by atomic mass is 16.5. The summed E-state index contributed by atoms with van der Waals surface area (Å²) >= 11 is 0. The molecule has 1 heterocycles. The van der Waals surface area contributed by atoms with Gasteiger partial charge in [0.1, 0.15) is 11.7 Å². The van der Waals surface area contributed by atoms with Gasteiger partial charge in [-0.15, -0.1) is 0 Å². The van der Waals surface area contributed by atoms with E-state index in [4.69, 9.17) is 9.47 Å². The van der Waals surface area contributed by atoms with Crippen LogP contribution in [0.2, 0.25) is 0 Å². The monoisotopic (exact) mass is 525 g/mol. The number of fused-ring (bicyclic) bond motifs is 7. The molecule has 0 saturated heterocycles. The second kappa shape index (κ2) is 10.0. The first-order chi connectivity index (χ1) is 17.9. The Hall–Kier alpha value is -1.78. The number of hydrogen-bond donors (Lipinski definition) is 1. The van der Waals surface area contributed by atoms with Crippen molar-refractivity contribution in [1.82, 2.24) is 5.32 Å². The standard InChI is InChI=1S/C33H51NO4/c1-8-33-18-28-26-11-10-24-17-25(37-23(5)36)13-15-31(24,6)27(26)14-16-32(28,7)30(33)21(3)29(38-33)12-9-20(2)19-34-22(4)35/h10,20,25-28,30H,8-9,11-19H2,1-7H3,(H,34,35)/t20-,25-,26-,27-,28+,30+,31+,32+,33+/m1/s1. The molecule has 5 nitrogen and oxygen atoms in total. The Morgan fingerprint density at radius 1 is 1.18 bits per heavy atom. The van der Waals surface area contributed by atoms with E-state index in [-0.39, 0.29) is 29.0 Å². The lowest BCUT2D eigenvalue weighted by Gasteiger charge is -2.58. The number of carbonyl (C=O) groups is 2. The predicted molar refractivity (Wildman–Crippen MR) is 150 cm³/mol. The van der Waals surface area contributed by atoms with Crippen molar-refractivity contribution in [2.75, 3.05) is 6.54 Å². The number of carbonyl (C=O) groups excluding carboxylic acids is 2. The topological polar surface area (TPSA) is 64.6 Å². The fraction of sp³-hybridized carbons (Fsp3) is 0.818. The molecule has 3 saturated carbocycles. The summed E-state index contributed by atoms with van der Waals surface area (Å²) < 4.78 is 12.7. The van der Waals surface area contributed by atoms with Gasteiger partial charge in [0.15, 0.2) is 0 Å². The average molecular weight is 526 g/mol. The van der Waals surface area contributed by atoms with Crippen molar-refractivity contribution in [2.45, 2.75) is 124 Å². The normalized spacial score (nSPS) is 42.2. The van der Waals surface area contributed by atoms with Crippen molar-refractivity contribution in [3.8, 4) is 0 Å². The van der Waals surface area contributed by atoms with Crippen LogP contribution in [0.5, 0.6) is 0 Å². The minimum Gasteiger partial charge on any atom is -0.491 e. The molecular weight excluding hydrogens is 474 g/mol. The summed E-state index contributed by atoms with van der Waals surface area (Å²) in [4.78, 5) is 22.9. The molecule has 0 aromatic heterocycles. The van der Waals surface area contributed by atoms with E-state index in [1.807, 2.05) is 0 Å². The third-order valence-corrected chi connectivity index (χ3v) is 11.9. The number of esters is 1. The lowest BCUT2D eigenvalue weighted by atomic mass is 9.47. The Morgan fingerprint density at radius 3 is 2.63 bits per heavy atom. The maximum absolute atomic E-state index is 11.6. The van der Waals surface area contributed by atoms with Crippen molar-refractivity contribution in [3.63, 3.8) is 0 Å². The van der Waals surface area contributed by atoms with Crippen LogP contribution in [0.3, 0.4) is 0 Å². The zero-order valence-corrected chi connectivity index (χ0v) is 25.0. The summed E-state index contributed by atoms with van der Waals surface area (Å²) in [6.07, 6.45) is 13.7. The molecule has 38 heavy (non-hydrogen) atoms. The zero-order valence-electron chi connectivity index (χ0n) is 25.0. The second-order valence-corrected chi connectivity index (χ2v) is 14.1. The van der Waals surface area contributed by atoms with E-state index in [2.05, 4.69) is 46.0 Å². The van der Waals surface area contributed by atoms with Crippen LogP contribution in [0.1, 0.15) is 113 Å². The zero-order chi connectivity index (χ0) is 27.5. The molecule has 5 aliphatic rings. The predicted octanol–water partition coefficient (Wildman–Crippen LogP) is 7.11. The molecule has 3 fully saturated rings. The van der Waals surface area contributed by atoms with Crippen LogP contribution in [0.15, 0.2) is 23.0 Å². The van der Waals surface area contributed by atoms with E-state index in [9.17, 15) is 9.59 Å². The first kappa shape index (κ1) is 27.8. The molecule has 9 atom stereocenters. The molecule has 0 unspecified atom stereocenters. The summed E-state index contributed by atoms with van der Waals surface area (Å²) in [7, 11) is 0. The van der Waals surface area contributed by atoms with E-state index in [0.29, 0.717) is 23.2 Å². The smallest absolute Gasteiger partial charge is 0.302 e. The van der Waals surface area contributed by atoms with Crippen LogP contribution in [-0.4, -0.2) is 30.1 Å². The molecule has 0 radical (unpaired) electrons. The van der Waals surface area contributed by atoms with Gasteiger partial charge in [-0.2, -0.15) is 0 Å². The Bertz CT molecular complexity index is 1030. The second-order valence-electron chi connectivity index (χ2n) is 14.1. The van der Waals surface area contributed by atoms with E-state index in [0.717, 1.165) is 56.9 Å². The summed E-state index contributed by atoms with van der Waals surface area (Å²) in [5.41, 5.74) is 3.57. The van der Waals surface area contributed by atoms with Gasteiger partial charge in [0.25, 0.3) is 0 Å². The minimum absolute atomic E-state index is 0.0491. The molecule has 0 aromatic carbocycles. The summed E-state index contributed by atoms with van der Waals surface area (Å²) in [5, 5.41) is 2.97. The lowest BCUT2D eigenvalue weighted by Crippen LogP contribution is -2.50. The van der Waals surface area contributed by atoms with E-state index in [1.54, 1.807) is 12.5 Å². The largest absolute Gasteiger partial charge is 0.491 e. The number of amides is 1. The molecule has 212 valence electrons. The van der Waals surface area contributed by atoms with Gasteiger partial charge >= 0.3 is 5.97 Å². The molecule has 0 bridgehead atoms. The number of nitrogens with one attached hydrogen (secondary N) is 1. The molecule has 5 heteroatoms. The summed E-state index contributed by atoms with van der Waals surface area (Å²) in [6, 6.07) is 0. The van der Waals surface area contributed by atoms with Crippen LogP contribution in [0.4, 0.5) is 0 Å². The van der Waals surface area contributed by atoms with Gasteiger partial charge in [0.05, 0.1) is 5.76 Å². The molecule has 4 aliphatic carbocycles. The quantitative estimate of drug-likeness (QED) is 0.284. The van der Waals surface area contributed by atoms with E-state index in [1.165, 1.54) is 43.9 Å². The minimum atomic E-state index is -0.145. The number of allylic oxidation sites excluding steroid dienone is 2. The van der Waals surface area contributed by atoms with Crippen molar-refractivity contribution >= 4 is 11.9 Å². The fourth-order valence-corrected chi connectivity index (χ4v) is 10.1. The van der Waals surface area contributed by atoms with Crippen molar-refractivity contribution in [3.05, 3.63) is 23.0 Å². The van der Waals surface area contributed by atoms with E-state index >= 15 is 0 Å². The van der Waals surface area contributed by atoms with Crippen LogP contribution in [-0.2, 0) is 19.1 Å². The number of hydrogen-bond acceptors (Lipinski definition) is 4. The highest BCUT2D eigenvalue weighted by molar-refractivity contribution is 5.72. The maximum Gasteiger partial charge on any atom is 0.302 e. The first-order valence-electron chi connectivity index (χ1n) is 15.4. The molecule has 0 spiro atoms. The highest BCUT2D eigenvalue weighted by Gasteiger charge is 2.68. The number of ether oxygens (including phenoxy) is 2. The van der Waals surface area contributed by atoms with Crippen LogP contribution >= 0.6 is 0 Å². The van der Waals surface area contributed by atoms with Crippen molar-refractivity contribution in [1.29, 1.82) is 0 Å². The van der Waals surface area contributed by atoms with Crippen LogP contribution in [0, 0.1) is 40.4 Å². The molecule has 0 aromatic rings. The van der Waals surface area contributed by atoms with Gasteiger partial charge in [-0.25, -0.2) is 0 Å². The summed E-state index contributed by atoms with van der Waals surface area (Å²) in [5.74, 6) is 4.26. The van der Waals surface area contributed by atoms with Gasteiger partial charge in [-0.05, 0) is 98.4 Å². The highest BCUT2D eigenvalue weighted by Crippen LogP contribution is 2.72. The van der Waals surface area contributed by atoms with Crippen molar-refractivity contribution < 1.29 is 19.1 Å². The van der Waals surface area contributed by atoms with Crippen LogP contribution < -0.4 is 5.32 Å². The maximum atomic E-state index is 11.6. The molecular formula is C33H51NO4.